The summed E-state index contributed by atoms with van der Waals surface area (Å²) in [5.74, 6) is 0.487. The first-order valence-electron chi connectivity index (χ1n) is 6.10. The maximum atomic E-state index is 11.8. The quantitative estimate of drug-likeness (QED) is 0.883. The molecule has 2 N–H and O–H groups in total. The Bertz CT molecular complexity index is 431. The smallest absolute Gasteiger partial charge is 0.319 e. The number of carbonyl (C=O) groups excluding carboxylic acids is 1. The van der Waals surface area contributed by atoms with Crippen molar-refractivity contribution < 1.29 is 9.53 Å². The van der Waals surface area contributed by atoms with Gasteiger partial charge in [-0.25, -0.2) is 4.79 Å². The number of methoxy groups -OCH3 is 1. The van der Waals surface area contributed by atoms with Crippen LogP contribution in [0.2, 0.25) is 5.02 Å². The zero-order valence-electron chi connectivity index (χ0n) is 10.3. The van der Waals surface area contributed by atoms with Crippen LogP contribution in [0.3, 0.4) is 0 Å². The SMILES string of the molecule is COc1c(Cl)cccc1NC(=O)NC1CCCC1. The number of para-hydroxylation sites is 1. The fraction of sp³-hybridized carbons (Fsp3) is 0.462. The van der Waals surface area contributed by atoms with Crippen LogP contribution in [0, 0.1) is 0 Å². The topological polar surface area (TPSA) is 50.4 Å². The molecule has 4 nitrogen and oxygen atoms in total. The van der Waals surface area contributed by atoms with Crippen molar-refractivity contribution >= 4 is 23.3 Å². The van der Waals surface area contributed by atoms with E-state index in [-0.39, 0.29) is 12.1 Å². The van der Waals surface area contributed by atoms with Gasteiger partial charge in [-0.1, -0.05) is 30.5 Å². The number of carbonyl (C=O) groups is 1. The van der Waals surface area contributed by atoms with Gasteiger partial charge >= 0.3 is 6.03 Å². The van der Waals surface area contributed by atoms with Crippen LogP contribution in [0.1, 0.15) is 25.7 Å². The molecule has 0 spiro atoms. The van der Waals surface area contributed by atoms with Gasteiger partial charge in [0.25, 0.3) is 0 Å². The molecular formula is C13H17ClN2O2. The monoisotopic (exact) mass is 268 g/mol. The van der Waals surface area contributed by atoms with E-state index in [1.54, 1.807) is 18.2 Å². The summed E-state index contributed by atoms with van der Waals surface area (Å²) in [6, 6.07) is 5.34. The predicted octanol–water partition coefficient (Wildman–Crippen LogP) is 3.41. The highest BCUT2D eigenvalue weighted by molar-refractivity contribution is 6.32. The standard InChI is InChI=1S/C13H17ClN2O2/c1-18-12-10(14)7-4-8-11(12)16-13(17)15-9-5-2-3-6-9/h4,7-9H,2-3,5-6H2,1H3,(H2,15,16,17). The Hall–Kier alpha value is -1.42. The van der Waals surface area contributed by atoms with Crippen LogP contribution in [0.4, 0.5) is 10.5 Å². The summed E-state index contributed by atoms with van der Waals surface area (Å²) in [6.45, 7) is 0. The summed E-state index contributed by atoms with van der Waals surface area (Å²) >= 11 is 5.99. The highest BCUT2D eigenvalue weighted by Gasteiger charge is 2.18. The zero-order chi connectivity index (χ0) is 13.0. The molecule has 1 aliphatic carbocycles. The van der Waals surface area contributed by atoms with E-state index >= 15 is 0 Å². The lowest BCUT2D eigenvalue weighted by Crippen LogP contribution is -2.36. The van der Waals surface area contributed by atoms with Gasteiger partial charge in [0.15, 0.2) is 5.75 Å². The minimum atomic E-state index is -0.206. The summed E-state index contributed by atoms with van der Waals surface area (Å²) in [4.78, 5) is 11.8. The molecule has 0 aliphatic heterocycles. The average Bonchev–Trinajstić information content (AvgIpc) is 2.82. The molecule has 0 radical (unpaired) electrons. The Morgan fingerprint density at radius 1 is 1.39 bits per heavy atom. The third-order valence-electron chi connectivity index (χ3n) is 3.11. The summed E-state index contributed by atoms with van der Waals surface area (Å²) in [6.07, 6.45) is 4.48. The molecule has 0 atom stereocenters. The van der Waals surface area contributed by atoms with E-state index < -0.39 is 0 Å². The van der Waals surface area contributed by atoms with Crippen molar-refractivity contribution in [1.29, 1.82) is 0 Å². The molecule has 1 aliphatic rings. The van der Waals surface area contributed by atoms with Gasteiger partial charge in [0.2, 0.25) is 0 Å². The fourth-order valence-electron chi connectivity index (χ4n) is 2.23. The van der Waals surface area contributed by atoms with E-state index in [2.05, 4.69) is 10.6 Å². The van der Waals surface area contributed by atoms with Crippen LogP contribution < -0.4 is 15.4 Å². The van der Waals surface area contributed by atoms with Crippen LogP contribution in [0.5, 0.6) is 5.75 Å². The molecule has 0 bridgehead atoms. The number of hydrogen-bond acceptors (Lipinski definition) is 2. The molecular weight excluding hydrogens is 252 g/mol. The van der Waals surface area contributed by atoms with Gasteiger partial charge in [0.05, 0.1) is 17.8 Å². The van der Waals surface area contributed by atoms with Crippen molar-refractivity contribution in [2.24, 2.45) is 0 Å². The van der Waals surface area contributed by atoms with Crippen molar-refractivity contribution in [2.45, 2.75) is 31.7 Å². The van der Waals surface area contributed by atoms with Crippen molar-refractivity contribution in [3.63, 3.8) is 0 Å². The van der Waals surface area contributed by atoms with Gasteiger partial charge in [-0.3, -0.25) is 0 Å². The van der Waals surface area contributed by atoms with E-state index in [1.807, 2.05) is 0 Å². The number of urea groups is 1. The third kappa shape index (κ3) is 3.07. The zero-order valence-corrected chi connectivity index (χ0v) is 11.1. The van der Waals surface area contributed by atoms with Gasteiger partial charge in [-0.05, 0) is 25.0 Å². The molecule has 18 heavy (non-hydrogen) atoms. The first-order valence-corrected chi connectivity index (χ1v) is 6.48. The summed E-state index contributed by atoms with van der Waals surface area (Å²) in [5, 5.41) is 6.20. The van der Waals surface area contributed by atoms with Crippen LogP contribution in [-0.2, 0) is 0 Å². The van der Waals surface area contributed by atoms with Crippen LogP contribution in [0.25, 0.3) is 0 Å². The van der Waals surface area contributed by atoms with Crippen molar-refractivity contribution in [1.82, 2.24) is 5.32 Å². The Morgan fingerprint density at radius 3 is 2.78 bits per heavy atom. The van der Waals surface area contributed by atoms with Gasteiger partial charge in [0.1, 0.15) is 0 Å². The molecule has 1 fully saturated rings. The molecule has 2 amide bonds. The molecule has 1 aromatic carbocycles. The summed E-state index contributed by atoms with van der Waals surface area (Å²) in [5.41, 5.74) is 0.584. The van der Waals surface area contributed by atoms with Crippen molar-refractivity contribution in [2.75, 3.05) is 12.4 Å². The van der Waals surface area contributed by atoms with E-state index in [9.17, 15) is 4.79 Å². The van der Waals surface area contributed by atoms with Gasteiger partial charge in [-0.2, -0.15) is 0 Å². The third-order valence-corrected chi connectivity index (χ3v) is 3.41. The Morgan fingerprint density at radius 2 is 2.11 bits per heavy atom. The molecule has 1 saturated carbocycles. The van der Waals surface area contributed by atoms with Crippen LogP contribution in [0.15, 0.2) is 18.2 Å². The molecule has 0 saturated heterocycles. The first-order chi connectivity index (χ1) is 8.70. The number of anilines is 1. The molecule has 1 aromatic rings. The Kier molecular flexibility index (Phi) is 4.31. The van der Waals surface area contributed by atoms with Crippen LogP contribution >= 0.6 is 11.6 Å². The highest BCUT2D eigenvalue weighted by atomic mass is 35.5. The number of halogens is 1. The average molecular weight is 269 g/mol. The lowest BCUT2D eigenvalue weighted by atomic mass is 10.2. The maximum Gasteiger partial charge on any atom is 0.319 e. The van der Waals surface area contributed by atoms with Gasteiger partial charge < -0.3 is 15.4 Å². The summed E-state index contributed by atoms with van der Waals surface area (Å²) in [7, 11) is 1.53. The highest BCUT2D eigenvalue weighted by Crippen LogP contribution is 2.32. The van der Waals surface area contributed by atoms with Crippen LogP contribution in [-0.4, -0.2) is 19.2 Å². The number of ether oxygens (including phenoxy) is 1. The lowest BCUT2D eigenvalue weighted by Gasteiger charge is -2.15. The number of benzene rings is 1. The second-order valence-corrected chi connectivity index (χ2v) is 4.81. The maximum absolute atomic E-state index is 11.8. The van der Waals surface area contributed by atoms with E-state index in [0.717, 1.165) is 12.8 Å². The lowest BCUT2D eigenvalue weighted by molar-refractivity contribution is 0.248. The van der Waals surface area contributed by atoms with E-state index in [0.29, 0.717) is 16.5 Å². The van der Waals surface area contributed by atoms with E-state index in [1.165, 1.54) is 20.0 Å². The minimum absolute atomic E-state index is 0.206. The normalized spacial score (nSPS) is 15.4. The van der Waals surface area contributed by atoms with E-state index in [4.69, 9.17) is 16.3 Å². The number of hydrogen-bond donors (Lipinski definition) is 2. The van der Waals surface area contributed by atoms with Gasteiger partial charge in [-0.15, -0.1) is 0 Å². The second kappa shape index (κ2) is 5.96. The molecule has 5 heteroatoms. The molecule has 2 rings (SSSR count). The molecule has 98 valence electrons. The largest absolute Gasteiger partial charge is 0.493 e. The minimum Gasteiger partial charge on any atom is -0.493 e. The number of rotatable bonds is 3. The summed E-state index contributed by atoms with van der Waals surface area (Å²) < 4.78 is 5.17. The molecule has 0 unspecified atom stereocenters. The Labute approximate surface area is 112 Å². The van der Waals surface area contributed by atoms with Gasteiger partial charge in [0, 0.05) is 6.04 Å². The molecule has 0 heterocycles. The first kappa shape index (κ1) is 13.0. The fourth-order valence-corrected chi connectivity index (χ4v) is 2.48. The Balaban J connectivity index is 2.00. The number of amides is 2. The van der Waals surface area contributed by atoms with Crippen molar-refractivity contribution in [3.05, 3.63) is 23.2 Å². The van der Waals surface area contributed by atoms with Crippen molar-refractivity contribution in [3.8, 4) is 5.75 Å². The number of nitrogens with one attached hydrogen (secondary N) is 2. The second-order valence-electron chi connectivity index (χ2n) is 4.40. The predicted molar refractivity (Wildman–Crippen MR) is 72.4 cm³/mol. The molecule has 0 aromatic heterocycles.